The van der Waals surface area contributed by atoms with E-state index < -0.39 is 0 Å². The highest BCUT2D eigenvalue weighted by atomic mass is 16.2. The van der Waals surface area contributed by atoms with Gasteiger partial charge >= 0.3 is 0 Å². The summed E-state index contributed by atoms with van der Waals surface area (Å²) in [6, 6.07) is 0. The highest BCUT2D eigenvalue weighted by Gasteiger charge is 2.23. The molecule has 6 nitrogen and oxygen atoms in total. The molecule has 3 amide bonds. The number of carbonyl (C=O) groups is 3. The molecule has 0 spiro atoms. The maximum Gasteiger partial charge on any atom is 0.253 e. The van der Waals surface area contributed by atoms with Gasteiger partial charge in [-0.3, -0.25) is 19.3 Å². The van der Waals surface area contributed by atoms with E-state index in [0.29, 0.717) is 0 Å². The molecule has 0 aromatic heterocycles. The number of nitrogens with two attached hydrogens (primary N) is 1. The number of nitrogens with zero attached hydrogens (tertiary/aromatic N) is 1. The van der Waals surface area contributed by atoms with Crippen LogP contribution in [0, 0.1) is 0 Å². The van der Waals surface area contributed by atoms with E-state index in [2.05, 4.69) is 5.32 Å². The zero-order chi connectivity index (χ0) is 10.6. The van der Waals surface area contributed by atoms with Crippen molar-refractivity contribution < 1.29 is 14.4 Å². The van der Waals surface area contributed by atoms with Gasteiger partial charge in [0.25, 0.3) is 11.8 Å². The maximum atomic E-state index is 11.0. The number of amides is 3. The van der Waals surface area contributed by atoms with Crippen LogP contribution in [0.3, 0.4) is 0 Å². The van der Waals surface area contributed by atoms with Crippen molar-refractivity contribution in [3.63, 3.8) is 0 Å². The minimum Gasteiger partial charge on any atom is -0.344 e. The highest BCUT2D eigenvalue weighted by molar-refractivity contribution is 6.13. The molecule has 0 unspecified atom stereocenters. The van der Waals surface area contributed by atoms with Crippen molar-refractivity contribution in [1.29, 1.82) is 0 Å². The summed E-state index contributed by atoms with van der Waals surface area (Å²) >= 11 is 0. The van der Waals surface area contributed by atoms with Crippen LogP contribution in [0.5, 0.6) is 0 Å². The predicted molar refractivity (Wildman–Crippen MR) is 47.7 cm³/mol. The normalized spacial score (nSPS) is 15.1. The molecular formula is C8H11N3O3. The molecule has 3 N–H and O–H groups in total. The molecule has 0 aromatic rings. The molecule has 0 radical (unpaired) electrons. The average molecular weight is 197 g/mol. The Bertz CT molecular complexity index is 280. The molecule has 1 aliphatic rings. The fourth-order valence-electron chi connectivity index (χ4n) is 1.07. The van der Waals surface area contributed by atoms with Crippen molar-refractivity contribution in [2.45, 2.75) is 6.42 Å². The van der Waals surface area contributed by atoms with E-state index in [1.807, 2.05) is 0 Å². The second-order valence-corrected chi connectivity index (χ2v) is 2.72. The summed E-state index contributed by atoms with van der Waals surface area (Å²) in [6.45, 7) is 0.148. The van der Waals surface area contributed by atoms with E-state index in [1.54, 1.807) is 0 Å². The second-order valence-electron chi connectivity index (χ2n) is 2.72. The summed E-state index contributed by atoms with van der Waals surface area (Å²) in [6.07, 6.45) is 2.45. The SMILES string of the molecule is NCNC(=O)CCN1C(=O)C=CC1=O. The van der Waals surface area contributed by atoms with Crippen molar-refractivity contribution in [3.05, 3.63) is 12.2 Å². The zero-order valence-electron chi connectivity index (χ0n) is 7.53. The Hall–Kier alpha value is -1.69. The highest BCUT2D eigenvalue weighted by Crippen LogP contribution is 2.03. The monoisotopic (exact) mass is 197 g/mol. The van der Waals surface area contributed by atoms with Crippen LogP contribution in [0.15, 0.2) is 12.2 Å². The van der Waals surface area contributed by atoms with Crippen molar-refractivity contribution in [2.75, 3.05) is 13.2 Å². The third-order valence-electron chi connectivity index (χ3n) is 1.76. The molecule has 6 heteroatoms. The number of nitrogens with one attached hydrogen (secondary N) is 1. The van der Waals surface area contributed by atoms with Crippen LogP contribution >= 0.6 is 0 Å². The minimum absolute atomic E-state index is 0.0545. The quantitative estimate of drug-likeness (QED) is 0.416. The molecule has 0 saturated carbocycles. The molecule has 0 atom stereocenters. The van der Waals surface area contributed by atoms with Crippen molar-refractivity contribution in [1.82, 2.24) is 10.2 Å². The number of carbonyl (C=O) groups excluding carboxylic acids is 3. The number of rotatable bonds is 4. The molecule has 1 aliphatic heterocycles. The molecule has 14 heavy (non-hydrogen) atoms. The van der Waals surface area contributed by atoms with Gasteiger partial charge < -0.3 is 11.1 Å². The van der Waals surface area contributed by atoms with Gasteiger partial charge in [-0.15, -0.1) is 0 Å². The lowest BCUT2D eigenvalue weighted by atomic mass is 10.3. The van der Waals surface area contributed by atoms with Crippen LogP contribution in [-0.2, 0) is 14.4 Å². The lowest BCUT2D eigenvalue weighted by Gasteiger charge is -2.12. The largest absolute Gasteiger partial charge is 0.344 e. The van der Waals surface area contributed by atoms with Crippen molar-refractivity contribution in [3.8, 4) is 0 Å². The molecule has 0 bridgehead atoms. The third-order valence-corrected chi connectivity index (χ3v) is 1.76. The lowest BCUT2D eigenvalue weighted by molar-refractivity contribution is -0.137. The fourth-order valence-corrected chi connectivity index (χ4v) is 1.07. The molecule has 0 aliphatic carbocycles. The van der Waals surface area contributed by atoms with Crippen LogP contribution in [-0.4, -0.2) is 35.8 Å². The Kier molecular flexibility index (Phi) is 3.35. The third kappa shape index (κ3) is 2.40. The van der Waals surface area contributed by atoms with E-state index in [1.165, 1.54) is 12.2 Å². The van der Waals surface area contributed by atoms with E-state index in [4.69, 9.17) is 5.73 Å². The number of hydrogen-bond acceptors (Lipinski definition) is 4. The van der Waals surface area contributed by atoms with Crippen molar-refractivity contribution in [2.24, 2.45) is 5.73 Å². The van der Waals surface area contributed by atoms with Crippen LogP contribution in [0.4, 0.5) is 0 Å². The molecular weight excluding hydrogens is 186 g/mol. The van der Waals surface area contributed by atoms with Gasteiger partial charge in [0.1, 0.15) is 0 Å². The van der Waals surface area contributed by atoms with Crippen LogP contribution in [0.1, 0.15) is 6.42 Å². The first-order valence-corrected chi connectivity index (χ1v) is 4.15. The summed E-state index contributed by atoms with van der Waals surface area (Å²) in [7, 11) is 0. The van der Waals surface area contributed by atoms with Gasteiger partial charge in [-0.25, -0.2) is 0 Å². The Labute approximate surface area is 80.7 Å². The average Bonchev–Trinajstić information content (AvgIpc) is 2.44. The van der Waals surface area contributed by atoms with E-state index in [-0.39, 0.29) is 37.4 Å². The second kappa shape index (κ2) is 4.52. The van der Waals surface area contributed by atoms with Gasteiger partial charge in [0, 0.05) is 25.1 Å². The topological polar surface area (TPSA) is 92.5 Å². The fraction of sp³-hybridized carbons (Fsp3) is 0.375. The molecule has 1 rings (SSSR count). The molecule has 0 fully saturated rings. The first-order chi connectivity index (χ1) is 6.65. The minimum atomic E-state index is -0.379. The smallest absolute Gasteiger partial charge is 0.253 e. The summed E-state index contributed by atoms with van der Waals surface area (Å²) < 4.78 is 0. The summed E-state index contributed by atoms with van der Waals surface area (Å²) in [4.78, 5) is 34.0. The molecule has 0 aromatic carbocycles. The van der Waals surface area contributed by atoms with Crippen LogP contribution in [0.25, 0.3) is 0 Å². The zero-order valence-corrected chi connectivity index (χ0v) is 7.53. The predicted octanol–water partition coefficient (Wildman–Crippen LogP) is -1.67. The number of hydrogen-bond donors (Lipinski definition) is 2. The summed E-state index contributed by atoms with van der Waals surface area (Å²) in [5, 5.41) is 2.37. The lowest BCUT2D eigenvalue weighted by Crippen LogP contribution is -2.36. The first-order valence-electron chi connectivity index (χ1n) is 4.15. The van der Waals surface area contributed by atoms with Gasteiger partial charge in [0.15, 0.2) is 0 Å². The van der Waals surface area contributed by atoms with Crippen LogP contribution in [0.2, 0.25) is 0 Å². The van der Waals surface area contributed by atoms with Crippen LogP contribution < -0.4 is 11.1 Å². The molecule has 1 heterocycles. The first kappa shape index (κ1) is 10.4. The Balaban J connectivity index is 2.35. The van der Waals surface area contributed by atoms with Gasteiger partial charge in [-0.05, 0) is 0 Å². The van der Waals surface area contributed by atoms with Gasteiger partial charge in [0.05, 0.1) is 6.67 Å². The summed E-state index contributed by atoms with van der Waals surface area (Å²) in [5.74, 6) is -1.04. The number of imide groups is 1. The Morgan fingerprint density at radius 2 is 1.93 bits per heavy atom. The van der Waals surface area contributed by atoms with Crippen molar-refractivity contribution >= 4 is 17.7 Å². The standard InChI is InChI=1S/C8H11N3O3/c9-5-10-6(12)3-4-11-7(13)1-2-8(11)14/h1-2H,3-5,9H2,(H,10,12). The maximum absolute atomic E-state index is 11.0. The van der Waals surface area contributed by atoms with Gasteiger partial charge in [-0.1, -0.05) is 0 Å². The Morgan fingerprint density at radius 1 is 1.36 bits per heavy atom. The van der Waals surface area contributed by atoms with E-state index in [0.717, 1.165) is 4.90 Å². The van der Waals surface area contributed by atoms with E-state index >= 15 is 0 Å². The van der Waals surface area contributed by atoms with E-state index in [9.17, 15) is 14.4 Å². The molecule has 0 saturated heterocycles. The Morgan fingerprint density at radius 3 is 2.43 bits per heavy atom. The van der Waals surface area contributed by atoms with Gasteiger partial charge in [0.2, 0.25) is 5.91 Å². The summed E-state index contributed by atoms with van der Waals surface area (Å²) in [5.41, 5.74) is 5.08. The van der Waals surface area contributed by atoms with Gasteiger partial charge in [-0.2, -0.15) is 0 Å². The molecule has 76 valence electrons.